The molecule has 21 heavy (non-hydrogen) atoms. The number of ether oxygens (including phenoxy) is 1. The number of hydrogen-bond donors (Lipinski definition) is 1. The maximum Gasteiger partial charge on any atom is 0.271 e. The first-order valence-corrected chi connectivity index (χ1v) is 7.55. The number of nitrogens with zero attached hydrogens (tertiary/aromatic N) is 1. The van der Waals surface area contributed by atoms with Gasteiger partial charge in [0.15, 0.2) is 0 Å². The number of rotatable bonds is 5. The van der Waals surface area contributed by atoms with Crippen molar-refractivity contribution in [3.63, 3.8) is 0 Å². The number of aromatic nitrogens is 1. The Bertz CT molecular complexity index is 614. The molecule has 1 aromatic carbocycles. The average Bonchev–Trinajstić information content (AvgIpc) is 2.48. The SMILES string of the molecule is CCOc1ccc(C(C)NC(=O)c2ncccc2Br)cc1. The summed E-state index contributed by atoms with van der Waals surface area (Å²) >= 11 is 3.33. The summed E-state index contributed by atoms with van der Waals surface area (Å²) in [6.07, 6.45) is 1.60. The molecule has 0 aliphatic rings. The van der Waals surface area contributed by atoms with Crippen molar-refractivity contribution in [2.45, 2.75) is 19.9 Å². The number of pyridine rings is 1. The van der Waals surface area contributed by atoms with Crippen molar-refractivity contribution in [3.8, 4) is 5.75 Å². The zero-order chi connectivity index (χ0) is 15.2. The van der Waals surface area contributed by atoms with Crippen LogP contribution in [-0.4, -0.2) is 17.5 Å². The second kappa shape index (κ2) is 7.22. The van der Waals surface area contributed by atoms with E-state index in [4.69, 9.17) is 4.74 Å². The van der Waals surface area contributed by atoms with Crippen LogP contribution in [-0.2, 0) is 0 Å². The predicted molar refractivity (Wildman–Crippen MR) is 85.4 cm³/mol. The molecule has 1 aromatic heterocycles. The zero-order valence-corrected chi connectivity index (χ0v) is 13.6. The molecule has 110 valence electrons. The lowest BCUT2D eigenvalue weighted by atomic mass is 10.1. The van der Waals surface area contributed by atoms with Gasteiger partial charge in [-0.05, 0) is 59.6 Å². The maximum absolute atomic E-state index is 12.2. The third kappa shape index (κ3) is 4.04. The van der Waals surface area contributed by atoms with Crippen LogP contribution in [0.2, 0.25) is 0 Å². The summed E-state index contributed by atoms with van der Waals surface area (Å²) in [4.78, 5) is 16.3. The van der Waals surface area contributed by atoms with Gasteiger partial charge in [0.2, 0.25) is 0 Å². The maximum atomic E-state index is 12.2. The van der Waals surface area contributed by atoms with Crippen LogP contribution in [0.15, 0.2) is 47.1 Å². The molecule has 0 aliphatic heterocycles. The number of nitrogens with one attached hydrogen (secondary N) is 1. The van der Waals surface area contributed by atoms with Gasteiger partial charge in [-0.1, -0.05) is 12.1 Å². The van der Waals surface area contributed by atoms with Gasteiger partial charge in [-0.25, -0.2) is 4.98 Å². The smallest absolute Gasteiger partial charge is 0.271 e. The summed E-state index contributed by atoms with van der Waals surface area (Å²) in [6, 6.07) is 11.2. The van der Waals surface area contributed by atoms with E-state index in [0.717, 1.165) is 11.3 Å². The number of halogens is 1. The first-order chi connectivity index (χ1) is 10.1. The molecule has 1 atom stereocenters. The highest BCUT2D eigenvalue weighted by molar-refractivity contribution is 9.10. The summed E-state index contributed by atoms with van der Waals surface area (Å²) in [5.41, 5.74) is 1.40. The average molecular weight is 349 g/mol. The van der Waals surface area contributed by atoms with Crippen molar-refractivity contribution in [1.29, 1.82) is 0 Å². The molecule has 5 heteroatoms. The van der Waals surface area contributed by atoms with E-state index in [0.29, 0.717) is 16.8 Å². The van der Waals surface area contributed by atoms with E-state index < -0.39 is 0 Å². The van der Waals surface area contributed by atoms with Gasteiger partial charge in [0.25, 0.3) is 5.91 Å². The quantitative estimate of drug-likeness (QED) is 0.895. The van der Waals surface area contributed by atoms with Gasteiger partial charge < -0.3 is 10.1 Å². The number of hydrogen-bond acceptors (Lipinski definition) is 3. The lowest BCUT2D eigenvalue weighted by Crippen LogP contribution is -2.27. The fourth-order valence-corrected chi connectivity index (χ4v) is 2.36. The predicted octanol–water partition coefficient (Wildman–Crippen LogP) is 3.73. The number of carbonyl (C=O) groups is 1. The summed E-state index contributed by atoms with van der Waals surface area (Å²) in [5.74, 6) is 0.621. The van der Waals surface area contributed by atoms with Crippen LogP contribution < -0.4 is 10.1 Å². The van der Waals surface area contributed by atoms with Crippen LogP contribution in [0.25, 0.3) is 0 Å². The van der Waals surface area contributed by atoms with E-state index in [9.17, 15) is 4.79 Å². The lowest BCUT2D eigenvalue weighted by molar-refractivity contribution is 0.0934. The topological polar surface area (TPSA) is 51.2 Å². The Labute approximate surface area is 132 Å². The normalized spacial score (nSPS) is 11.8. The van der Waals surface area contributed by atoms with Crippen molar-refractivity contribution in [2.75, 3.05) is 6.61 Å². The van der Waals surface area contributed by atoms with Crippen LogP contribution in [0, 0.1) is 0 Å². The Hall–Kier alpha value is -1.88. The molecule has 0 spiro atoms. The highest BCUT2D eigenvalue weighted by Gasteiger charge is 2.14. The van der Waals surface area contributed by atoms with E-state index in [2.05, 4.69) is 26.2 Å². The van der Waals surface area contributed by atoms with Crippen molar-refractivity contribution in [3.05, 3.63) is 58.3 Å². The van der Waals surface area contributed by atoms with Crippen LogP contribution in [0.4, 0.5) is 0 Å². The van der Waals surface area contributed by atoms with Crippen molar-refractivity contribution in [1.82, 2.24) is 10.3 Å². The molecule has 2 aromatic rings. The molecule has 0 saturated carbocycles. The summed E-state index contributed by atoms with van der Waals surface area (Å²) < 4.78 is 6.09. The summed E-state index contributed by atoms with van der Waals surface area (Å²) in [5, 5.41) is 2.93. The minimum atomic E-state index is -0.205. The highest BCUT2D eigenvalue weighted by atomic mass is 79.9. The Kier molecular flexibility index (Phi) is 5.33. The number of carbonyl (C=O) groups excluding carboxylic acids is 1. The van der Waals surface area contributed by atoms with Crippen molar-refractivity contribution in [2.24, 2.45) is 0 Å². The molecule has 4 nitrogen and oxygen atoms in total. The molecule has 1 amide bonds. The minimum Gasteiger partial charge on any atom is -0.494 e. The fraction of sp³-hybridized carbons (Fsp3) is 0.250. The Morgan fingerprint density at radius 2 is 2.05 bits per heavy atom. The largest absolute Gasteiger partial charge is 0.494 e. The Balaban J connectivity index is 2.05. The van der Waals surface area contributed by atoms with E-state index >= 15 is 0 Å². The highest BCUT2D eigenvalue weighted by Crippen LogP contribution is 2.19. The third-order valence-electron chi connectivity index (χ3n) is 3.01. The van der Waals surface area contributed by atoms with Gasteiger partial charge in [-0.15, -0.1) is 0 Å². The monoisotopic (exact) mass is 348 g/mol. The standard InChI is InChI=1S/C16H17BrN2O2/c1-3-21-13-8-6-12(7-9-13)11(2)19-16(20)15-14(17)5-4-10-18-15/h4-11H,3H2,1-2H3,(H,19,20). The van der Waals surface area contributed by atoms with Crippen molar-refractivity contribution >= 4 is 21.8 Å². The van der Waals surface area contributed by atoms with Crippen LogP contribution in [0.3, 0.4) is 0 Å². The molecule has 0 bridgehead atoms. The van der Waals surface area contributed by atoms with Crippen LogP contribution >= 0.6 is 15.9 Å². The van der Waals surface area contributed by atoms with E-state index in [1.165, 1.54) is 0 Å². The van der Waals surface area contributed by atoms with Gasteiger partial charge in [-0.2, -0.15) is 0 Å². The number of amides is 1. The van der Waals surface area contributed by atoms with E-state index in [1.807, 2.05) is 38.1 Å². The molecular formula is C16H17BrN2O2. The molecule has 1 unspecified atom stereocenters. The molecule has 0 aliphatic carbocycles. The fourth-order valence-electron chi connectivity index (χ4n) is 1.92. The lowest BCUT2D eigenvalue weighted by Gasteiger charge is -2.15. The first-order valence-electron chi connectivity index (χ1n) is 6.76. The second-order valence-electron chi connectivity index (χ2n) is 4.53. The van der Waals surface area contributed by atoms with Gasteiger partial charge in [0.05, 0.1) is 12.6 Å². The minimum absolute atomic E-state index is 0.109. The Morgan fingerprint density at radius 3 is 2.67 bits per heavy atom. The molecule has 0 radical (unpaired) electrons. The number of benzene rings is 1. The zero-order valence-electron chi connectivity index (χ0n) is 12.0. The van der Waals surface area contributed by atoms with E-state index in [-0.39, 0.29) is 11.9 Å². The summed E-state index contributed by atoms with van der Waals surface area (Å²) in [7, 11) is 0. The molecule has 1 N–H and O–H groups in total. The van der Waals surface area contributed by atoms with Gasteiger partial charge in [-0.3, -0.25) is 4.79 Å². The first kappa shape index (κ1) is 15.5. The molecule has 0 fully saturated rings. The Morgan fingerprint density at radius 1 is 1.33 bits per heavy atom. The molecule has 1 heterocycles. The van der Waals surface area contributed by atoms with Gasteiger partial charge in [0, 0.05) is 10.7 Å². The van der Waals surface area contributed by atoms with Gasteiger partial charge >= 0.3 is 0 Å². The second-order valence-corrected chi connectivity index (χ2v) is 5.39. The molecule has 0 saturated heterocycles. The molecule has 2 rings (SSSR count). The summed E-state index contributed by atoms with van der Waals surface area (Å²) in [6.45, 7) is 4.52. The van der Waals surface area contributed by atoms with Gasteiger partial charge in [0.1, 0.15) is 11.4 Å². The van der Waals surface area contributed by atoms with Crippen LogP contribution in [0.1, 0.15) is 35.9 Å². The van der Waals surface area contributed by atoms with E-state index in [1.54, 1.807) is 18.3 Å². The van der Waals surface area contributed by atoms with Crippen LogP contribution in [0.5, 0.6) is 5.75 Å². The van der Waals surface area contributed by atoms with Crippen molar-refractivity contribution < 1.29 is 9.53 Å². The third-order valence-corrected chi connectivity index (χ3v) is 3.65. The molecular weight excluding hydrogens is 332 g/mol.